The molecule has 17 rings (SSSR count). The Balaban J connectivity index is 1.02. The first-order valence-corrected chi connectivity index (χ1v) is 31.6. The summed E-state index contributed by atoms with van der Waals surface area (Å²) in [5.74, 6) is 0. The second kappa shape index (κ2) is 18.0. The monoisotopic (exact) mass is 1140 g/mol. The van der Waals surface area contributed by atoms with Crippen LogP contribution in [-0.4, -0.2) is 25.0 Å². The lowest BCUT2D eigenvalue weighted by Gasteiger charge is -2.36. The van der Waals surface area contributed by atoms with Crippen molar-refractivity contribution in [3.63, 3.8) is 0 Å². The summed E-state index contributed by atoms with van der Waals surface area (Å²) in [5, 5.41) is 10.2. The van der Waals surface area contributed by atoms with Gasteiger partial charge in [-0.15, -0.1) is 0 Å². The fraction of sp³-hybridized carbons (Fsp3) is 0.195. The molecule has 6 heterocycles. The average molecular weight is 1140 g/mol. The van der Waals surface area contributed by atoms with E-state index in [-0.39, 0.29) is 28.4 Å². The highest BCUT2D eigenvalue weighted by Gasteiger charge is 2.43. The van der Waals surface area contributed by atoms with Gasteiger partial charge in [0.1, 0.15) is 0 Å². The molecule has 11 aromatic carbocycles. The van der Waals surface area contributed by atoms with Gasteiger partial charge >= 0.3 is 0 Å². The van der Waals surface area contributed by atoms with Crippen LogP contribution in [0.2, 0.25) is 0 Å². The Kier molecular flexibility index (Phi) is 10.8. The molecule has 0 spiro atoms. The normalized spacial score (nSPS) is 13.4. The Labute approximate surface area is 515 Å². The molecule has 4 aromatic heterocycles. The summed E-state index contributed by atoms with van der Waals surface area (Å²) in [5.41, 5.74) is 27.2. The van der Waals surface area contributed by atoms with Crippen LogP contribution in [0.4, 0.5) is 17.1 Å². The SMILES string of the molecule is CC(C)(C)c1ccc2c(c1)c1cc(C(C)(C)C)cc3c1n2-c1cc(-n2c4ccccc4c4ccc5c6ccccc6n(-c6ccc(N(c7ccccc7)c7ccccc7)cc6)c5c42)cc2c1B3c1cc(C(C)(C)C)cc3c4cc(C(C)(C)C)ccc4n-2c13. The molecule has 428 valence electrons. The van der Waals surface area contributed by atoms with Crippen molar-refractivity contribution < 1.29 is 0 Å². The number of rotatable bonds is 5. The molecule has 0 bridgehead atoms. The van der Waals surface area contributed by atoms with Crippen LogP contribution < -0.4 is 21.3 Å². The average Bonchev–Trinajstić information content (AvgIpc) is 1.43. The molecule has 0 amide bonds. The summed E-state index contributed by atoms with van der Waals surface area (Å²) in [7, 11) is 0. The standard InChI is InChI=1S/C82H72BN5/c1-79(2,3)49-31-39-70-62(41-49)64-43-51(81(7,8)9)45-66-75(64)87(70)72-47-57(48-73-74(72)83(66)67-46-52(82(10,11)12)44-65-63-42-50(80(4,5)6)32-40-71(63)88(73)76(65)67)86-69-30-22-20-28-59(69)61-38-37-60-58-27-19-21-29-68(58)85(77(60)78(61)86)56-35-33-55(34-36-56)84(53-23-15-13-16-24-53)54-25-17-14-18-26-54/h13-48H,1-12H3. The fourth-order valence-corrected chi connectivity index (χ4v) is 15.4. The van der Waals surface area contributed by atoms with Crippen LogP contribution in [0, 0.1) is 0 Å². The molecule has 2 aliphatic heterocycles. The van der Waals surface area contributed by atoms with E-state index in [2.05, 4.69) is 325 Å². The summed E-state index contributed by atoms with van der Waals surface area (Å²) in [4.78, 5) is 2.35. The lowest BCUT2D eigenvalue weighted by Crippen LogP contribution is -2.59. The van der Waals surface area contributed by atoms with Crippen LogP contribution in [-0.2, 0) is 21.7 Å². The van der Waals surface area contributed by atoms with E-state index < -0.39 is 0 Å². The van der Waals surface area contributed by atoms with Gasteiger partial charge in [0.2, 0.25) is 0 Å². The highest BCUT2D eigenvalue weighted by Crippen LogP contribution is 2.47. The molecule has 0 saturated heterocycles. The summed E-state index contributed by atoms with van der Waals surface area (Å²) in [6.45, 7) is 28.4. The number of hydrogen-bond acceptors (Lipinski definition) is 1. The first-order chi connectivity index (χ1) is 42.2. The van der Waals surface area contributed by atoms with Crippen LogP contribution >= 0.6 is 0 Å². The second-order valence-electron chi connectivity index (χ2n) is 29.5. The van der Waals surface area contributed by atoms with E-state index >= 15 is 0 Å². The Hall–Kier alpha value is -9.52. The zero-order valence-corrected chi connectivity index (χ0v) is 52.6. The predicted molar refractivity (Wildman–Crippen MR) is 378 cm³/mol. The van der Waals surface area contributed by atoms with Gasteiger partial charge in [-0.3, -0.25) is 0 Å². The van der Waals surface area contributed by atoms with Crippen molar-refractivity contribution in [3.8, 4) is 22.7 Å². The molecule has 0 aliphatic carbocycles. The number of nitrogens with zero attached hydrogens (tertiary/aromatic N) is 5. The van der Waals surface area contributed by atoms with E-state index in [1.165, 1.54) is 137 Å². The molecule has 0 fully saturated rings. The van der Waals surface area contributed by atoms with Crippen molar-refractivity contribution in [1.82, 2.24) is 18.3 Å². The molecule has 2 aliphatic rings. The molecule has 15 aromatic rings. The van der Waals surface area contributed by atoms with Gasteiger partial charge in [0, 0.05) is 88.2 Å². The van der Waals surface area contributed by atoms with Gasteiger partial charge in [-0.2, -0.15) is 0 Å². The Bertz CT molecular complexity index is 5250. The molecule has 0 atom stereocenters. The Morgan fingerprint density at radius 3 is 1.08 bits per heavy atom. The molecular formula is C82H72BN5. The summed E-state index contributed by atoms with van der Waals surface area (Å²) in [6.07, 6.45) is 0. The highest BCUT2D eigenvalue weighted by molar-refractivity contribution is 7.00. The molecular weight excluding hydrogens is 1070 g/mol. The Morgan fingerprint density at radius 1 is 0.273 bits per heavy atom. The van der Waals surface area contributed by atoms with E-state index in [9.17, 15) is 0 Å². The number of hydrogen-bond donors (Lipinski definition) is 0. The van der Waals surface area contributed by atoms with Gasteiger partial charge in [0.25, 0.3) is 6.71 Å². The van der Waals surface area contributed by atoms with Crippen molar-refractivity contribution >= 4 is 127 Å². The Morgan fingerprint density at radius 2 is 0.648 bits per heavy atom. The van der Waals surface area contributed by atoms with Crippen molar-refractivity contribution in [2.75, 3.05) is 4.90 Å². The van der Waals surface area contributed by atoms with Gasteiger partial charge in [-0.25, -0.2) is 0 Å². The largest absolute Gasteiger partial charge is 0.311 e. The number of benzene rings is 11. The van der Waals surface area contributed by atoms with Crippen molar-refractivity contribution in [2.24, 2.45) is 0 Å². The zero-order chi connectivity index (χ0) is 60.2. The number of para-hydroxylation sites is 4. The fourth-order valence-electron chi connectivity index (χ4n) is 15.4. The summed E-state index contributed by atoms with van der Waals surface area (Å²) in [6, 6.07) is 83.7. The third kappa shape index (κ3) is 7.47. The lowest BCUT2D eigenvalue weighted by atomic mass is 9.34. The van der Waals surface area contributed by atoms with Crippen molar-refractivity contribution in [3.05, 3.63) is 241 Å². The first-order valence-electron chi connectivity index (χ1n) is 31.6. The van der Waals surface area contributed by atoms with E-state index in [0.29, 0.717) is 0 Å². The van der Waals surface area contributed by atoms with Gasteiger partial charge in [-0.1, -0.05) is 192 Å². The van der Waals surface area contributed by atoms with Crippen LogP contribution in [0.25, 0.3) is 110 Å². The third-order valence-electron chi connectivity index (χ3n) is 19.9. The molecule has 0 N–H and O–H groups in total. The lowest BCUT2D eigenvalue weighted by molar-refractivity contribution is 0.590. The minimum atomic E-state index is -0.0970. The smallest absolute Gasteiger partial charge is 0.252 e. The highest BCUT2D eigenvalue weighted by atomic mass is 15.1. The molecule has 0 unspecified atom stereocenters. The quantitative estimate of drug-likeness (QED) is 0.158. The van der Waals surface area contributed by atoms with Crippen LogP contribution in [0.3, 0.4) is 0 Å². The molecule has 88 heavy (non-hydrogen) atoms. The van der Waals surface area contributed by atoms with Gasteiger partial charge < -0.3 is 23.2 Å². The third-order valence-corrected chi connectivity index (χ3v) is 19.9. The van der Waals surface area contributed by atoms with E-state index in [1.807, 2.05) is 0 Å². The van der Waals surface area contributed by atoms with Crippen molar-refractivity contribution in [1.29, 1.82) is 0 Å². The number of aromatic nitrogens is 4. The van der Waals surface area contributed by atoms with Crippen LogP contribution in [0.5, 0.6) is 0 Å². The summed E-state index contributed by atoms with van der Waals surface area (Å²) < 4.78 is 10.5. The van der Waals surface area contributed by atoms with Crippen LogP contribution in [0.15, 0.2) is 218 Å². The van der Waals surface area contributed by atoms with Gasteiger partial charge in [-0.05, 0) is 169 Å². The maximum atomic E-state index is 2.69. The zero-order valence-electron chi connectivity index (χ0n) is 52.6. The number of anilines is 3. The second-order valence-corrected chi connectivity index (χ2v) is 29.5. The van der Waals surface area contributed by atoms with Gasteiger partial charge in [0.15, 0.2) is 0 Å². The number of fused-ring (bicyclic) bond motifs is 17. The maximum absolute atomic E-state index is 2.69. The first kappa shape index (κ1) is 52.8. The van der Waals surface area contributed by atoms with E-state index in [1.54, 1.807) is 0 Å². The van der Waals surface area contributed by atoms with Crippen LogP contribution in [0.1, 0.15) is 105 Å². The molecule has 6 heteroatoms. The molecule has 0 radical (unpaired) electrons. The summed E-state index contributed by atoms with van der Waals surface area (Å²) >= 11 is 0. The molecule has 0 saturated carbocycles. The minimum Gasteiger partial charge on any atom is -0.311 e. The van der Waals surface area contributed by atoms with Crippen molar-refractivity contribution in [2.45, 2.75) is 105 Å². The minimum absolute atomic E-state index is 0.0372. The van der Waals surface area contributed by atoms with Gasteiger partial charge in [0.05, 0.1) is 38.8 Å². The maximum Gasteiger partial charge on any atom is 0.252 e. The van der Waals surface area contributed by atoms with E-state index in [0.717, 1.165) is 28.4 Å². The van der Waals surface area contributed by atoms with E-state index in [4.69, 9.17) is 0 Å². The predicted octanol–water partition coefficient (Wildman–Crippen LogP) is 19.9. The topological polar surface area (TPSA) is 23.0 Å². The molecule has 5 nitrogen and oxygen atoms in total.